The number of amides is 3. The van der Waals surface area contributed by atoms with Crippen LogP contribution in [-0.4, -0.2) is 75.7 Å². The molecule has 1 aliphatic heterocycles. The zero-order valence-electron chi connectivity index (χ0n) is 31.3. The second kappa shape index (κ2) is 15.6. The van der Waals surface area contributed by atoms with Gasteiger partial charge in [-0.2, -0.15) is 0 Å². The van der Waals surface area contributed by atoms with Crippen LogP contribution >= 0.6 is 0 Å². The van der Waals surface area contributed by atoms with Gasteiger partial charge in [-0.25, -0.2) is 14.8 Å². The van der Waals surface area contributed by atoms with Crippen molar-refractivity contribution in [2.45, 2.75) is 69.7 Å². The van der Waals surface area contributed by atoms with Gasteiger partial charge >= 0.3 is 6.09 Å². The summed E-state index contributed by atoms with van der Waals surface area (Å²) in [6.07, 6.45) is 8.96. The van der Waals surface area contributed by atoms with E-state index in [1.54, 1.807) is 24.3 Å². The minimum atomic E-state index is -0.885. The molecule has 0 radical (unpaired) electrons. The number of carbonyl (C=O) groups is 3. The van der Waals surface area contributed by atoms with Crippen molar-refractivity contribution in [1.29, 1.82) is 0 Å². The number of aromatic nitrogens is 4. The van der Waals surface area contributed by atoms with Gasteiger partial charge in [-0.1, -0.05) is 48.5 Å². The highest BCUT2D eigenvalue weighted by atomic mass is 16.5. The fourth-order valence-corrected chi connectivity index (χ4v) is 8.95. The highest BCUT2D eigenvalue weighted by molar-refractivity contribution is 5.87. The summed E-state index contributed by atoms with van der Waals surface area (Å²) < 4.78 is 15.6. The summed E-state index contributed by atoms with van der Waals surface area (Å²) in [5.41, 5.74) is 5.97. The van der Waals surface area contributed by atoms with Crippen molar-refractivity contribution >= 4 is 17.9 Å². The predicted octanol–water partition coefficient (Wildman–Crippen LogP) is 6.60. The van der Waals surface area contributed by atoms with Gasteiger partial charge in [-0.3, -0.25) is 9.59 Å². The van der Waals surface area contributed by atoms with Gasteiger partial charge in [-0.15, -0.1) is 0 Å². The van der Waals surface area contributed by atoms with Crippen molar-refractivity contribution in [3.05, 3.63) is 96.7 Å². The van der Waals surface area contributed by atoms with Gasteiger partial charge in [0, 0.05) is 19.6 Å². The molecule has 8 rings (SSSR count). The fourth-order valence-electron chi connectivity index (χ4n) is 8.95. The molecule has 1 saturated heterocycles. The Morgan fingerprint density at radius 2 is 1.51 bits per heavy atom. The van der Waals surface area contributed by atoms with Crippen molar-refractivity contribution in [1.82, 2.24) is 35.5 Å². The van der Waals surface area contributed by atoms with E-state index in [0.717, 1.165) is 77.3 Å². The van der Waals surface area contributed by atoms with E-state index in [9.17, 15) is 14.4 Å². The van der Waals surface area contributed by atoms with Crippen LogP contribution in [0.5, 0.6) is 0 Å². The van der Waals surface area contributed by atoms with E-state index < -0.39 is 18.2 Å². The Morgan fingerprint density at radius 3 is 2.15 bits per heavy atom. The largest absolute Gasteiger partial charge is 0.467 e. The molecule has 5 aromatic rings. The molecule has 4 N–H and O–H groups in total. The number of likely N-dealkylation sites (tertiary alicyclic amines) is 1. The van der Waals surface area contributed by atoms with Gasteiger partial charge in [0.15, 0.2) is 0 Å². The van der Waals surface area contributed by atoms with Crippen molar-refractivity contribution in [3.63, 3.8) is 0 Å². The zero-order chi connectivity index (χ0) is 38.1. The Morgan fingerprint density at radius 1 is 0.873 bits per heavy atom. The monoisotopic (exact) mass is 745 g/mol. The first-order chi connectivity index (χ1) is 26.8. The first kappa shape index (κ1) is 36.3. The Balaban J connectivity index is 0.920. The molecule has 2 saturated carbocycles. The molecular weight excluding hydrogens is 699 g/mol. The number of fused-ring (bicyclic) bond motifs is 2. The number of methoxy groups -OCH3 is 2. The smallest absolute Gasteiger partial charge is 0.407 e. The number of ether oxygens (including phenoxy) is 2. The van der Waals surface area contributed by atoms with Crippen LogP contribution in [-0.2, 0) is 25.6 Å². The number of aromatic amines is 2. The topological polar surface area (TPSA) is 167 Å². The van der Waals surface area contributed by atoms with Gasteiger partial charge in [0.05, 0.1) is 61.8 Å². The maximum Gasteiger partial charge on any atom is 0.407 e. The molecule has 4 heterocycles. The van der Waals surface area contributed by atoms with Crippen LogP contribution in [0.2, 0.25) is 0 Å². The summed E-state index contributed by atoms with van der Waals surface area (Å²) in [5.74, 6) is 3.04. The molecule has 7 atom stereocenters. The summed E-state index contributed by atoms with van der Waals surface area (Å²) in [6, 6.07) is 19.3. The third kappa shape index (κ3) is 7.28. The Hall–Kier alpha value is -5.69. The maximum absolute atomic E-state index is 13.6. The van der Waals surface area contributed by atoms with Crippen LogP contribution in [0.15, 0.2) is 83.7 Å². The lowest BCUT2D eigenvalue weighted by molar-refractivity contribution is -0.137. The third-order valence-electron chi connectivity index (χ3n) is 11.9. The highest BCUT2D eigenvalue weighted by Crippen LogP contribution is 2.56. The van der Waals surface area contributed by atoms with E-state index in [2.05, 4.69) is 74.1 Å². The molecule has 55 heavy (non-hydrogen) atoms. The van der Waals surface area contributed by atoms with Gasteiger partial charge in [0.2, 0.25) is 11.8 Å². The van der Waals surface area contributed by atoms with Crippen LogP contribution in [0.25, 0.3) is 33.6 Å². The van der Waals surface area contributed by atoms with Crippen molar-refractivity contribution in [2.24, 2.45) is 17.8 Å². The third-order valence-corrected chi connectivity index (χ3v) is 11.9. The maximum atomic E-state index is 13.6. The number of H-pyrrole nitrogens is 2. The molecule has 3 fully saturated rings. The Bertz CT molecular complexity index is 2110. The second-order valence-corrected chi connectivity index (χ2v) is 14.9. The van der Waals surface area contributed by atoms with E-state index in [1.165, 1.54) is 14.2 Å². The van der Waals surface area contributed by atoms with E-state index in [-0.39, 0.29) is 29.7 Å². The summed E-state index contributed by atoms with van der Waals surface area (Å²) in [6.45, 7) is 2.69. The normalized spacial score (nSPS) is 22.7. The molecule has 3 amide bonds. The molecule has 2 aliphatic carbocycles. The van der Waals surface area contributed by atoms with Crippen LogP contribution in [0.3, 0.4) is 0 Å². The van der Waals surface area contributed by atoms with Crippen LogP contribution in [0.4, 0.5) is 4.79 Å². The number of rotatable bonds is 12. The molecule has 286 valence electrons. The lowest BCUT2D eigenvalue weighted by Gasteiger charge is -2.30. The van der Waals surface area contributed by atoms with Crippen LogP contribution in [0.1, 0.15) is 68.4 Å². The number of imidazole rings is 2. The summed E-state index contributed by atoms with van der Waals surface area (Å²) in [4.78, 5) is 57.3. The van der Waals surface area contributed by atoms with Gasteiger partial charge in [0.25, 0.3) is 0 Å². The number of furan rings is 1. The zero-order valence-corrected chi connectivity index (χ0v) is 31.3. The lowest BCUT2D eigenvalue weighted by Crippen LogP contribution is -2.54. The van der Waals surface area contributed by atoms with Crippen LogP contribution < -0.4 is 10.6 Å². The summed E-state index contributed by atoms with van der Waals surface area (Å²) >= 11 is 0. The van der Waals surface area contributed by atoms with E-state index >= 15 is 0 Å². The fraction of sp³-hybridized carbons (Fsp3) is 0.405. The molecule has 13 nitrogen and oxygen atoms in total. The average Bonchev–Trinajstić information content (AvgIpc) is 4.08. The minimum Gasteiger partial charge on any atom is -0.467 e. The molecular formula is C42H47N7O6. The van der Waals surface area contributed by atoms with Gasteiger partial charge in [-0.05, 0) is 85.3 Å². The van der Waals surface area contributed by atoms with E-state index in [0.29, 0.717) is 30.7 Å². The molecule has 13 heteroatoms. The number of alkyl carbamates (subject to hydrolysis) is 1. The number of carbonyl (C=O) groups excluding carboxylic acids is 3. The van der Waals surface area contributed by atoms with Crippen LogP contribution in [0, 0.1) is 17.8 Å². The molecule has 3 aromatic heterocycles. The summed E-state index contributed by atoms with van der Waals surface area (Å²) in [7, 11) is 2.77. The van der Waals surface area contributed by atoms with Gasteiger partial charge < -0.3 is 39.4 Å². The summed E-state index contributed by atoms with van der Waals surface area (Å²) in [5, 5.41) is 5.74. The first-order valence-corrected chi connectivity index (χ1v) is 19.1. The average molecular weight is 746 g/mol. The van der Waals surface area contributed by atoms with E-state index in [4.69, 9.17) is 18.9 Å². The molecule has 2 bridgehead atoms. The predicted molar refractivity (Wildman–Crippen MR) is 204 cm³/mol. The number of hydrogen-bond donors (Lipinski definition) is 4. The van der Waals surface area contributed by atoms with E-state index in [1.807, 2.05) is 18.3 Å². The van der Waals surface area contributed by atoms with Crippen molar-refractivity contribution < 1.29 is 28.3 Å². The Labute approximate surface area is 319 Å². The Kier molecular flexibility index (Phi) is 10.3. The molecule has 3 aliphatic rings. The molecule has 0 spiro atoms. The van der Waals surface area contributed by atoms with Gasteiger partial charge in [0.1, 0.15) is 23.5 Å². The lowest BCUT2D eigenvalue weighted by atomic mass is 9.78. The quantitative estimate of drug-likeness (QED) is 0.111. The number of nitrogens with zero attached hydrogens (tertiary/aromatic N) is 3. The van der Waals surface area contributed by atoms with Crippen molar-refractivity contribution in [2.75, 3.05) is 20.8 Å². The number of benzene rings is 2. The number of hydrogen-bond acceptors (Lipinski definition) is 8. The SMILES string of the molecule is COC(=O)N[C@H](C(=O)N1CCC[C@H]1c1ncc(-c2ccc(-c3ccc(-c4cnc(C5C6CCC(C6)[C@@H]5C(=O)NCc5ccco5)[nH]4)cc3)cc2)[nH]1)[C@@H](C)OC. The number of nitrogens with one attached hydrogen (secondary N) is 4. The second-order valence-electron chi connectivity index (χ2n) is 14.9. The minimum absolute atomic E-state index is 0.0831. The first-order valence-electron chi connectivity index (χ1n) is 19.1. The standard InChI is InChI=1S/C42H47N7O6/c1-24(53-2)37(48-42(52)54-3)41(51)49-18-4-7-34(49)38-43-22-32(46-38)27-12-8-25(9-13-27)26-10-14-28(15-11-26)33-23-44-39(47-33)35-29-16-17-30(20-29)36(35)40(50)45-21-31-6-5-19-55-31/h5-6,8-15,19,22-24,29-30,34-37H,4,7,16-18,20-21H2,1-3H3,(H,43,46)(H,44,47)(H,45,50)(H,48,52)/t24-,29?,30?,34+,35?,36+,37+/m1/s1. The molecule has 2 aromatic carbocycles. The molecule has 3 unspecified atom stereocenters. The highest BCUT2D eigenvalue weighted by Gasteiger charge is 2.52. The van der Waals surface area contributed by atoms with Crippen molar-refractivity contribution in [3.8, 4) is 33.6 Å².